The summed E-state index contributed by atoms with van der Waals surface area (Å²) in [6.45, 7) is 0.997. The topological polar surface area (TPSA) is 29.1 Å². The first-order chi connectivity index (χ1) is 10.1. The number of benzene rings is 1. The number of hydrogen-bond donors (Lipinski definition) is 1. The molecule has 4 saturated carbocycles. The molecule has 3 heteroatoms. The van der Waals surface area contributed by atoms with Gasteiger partial charge in [-0.05, 0) is 80.0 Å². The van der Waals surface area contributed by atoms with Crippen LogP contribution in [-0.4, -0.2) is 12.8 Å². The maximum absolute atomic E-state index is 11.7. The quantitative estimate of drug-likeness (QED) is 0.828. The fourth-order valence-corrected chi connectivity index (χ4v) is 5.85. The molecule has 0 amide bonds. The van der Waals surface area contributed by atoms with Gasteiger partial charge in [0, 0.05) is 22.7 Å². The van der Waals surface area contributed by atoms with Crippen molar-refractivity contribution in [3.8, 4) is 0 Å². The van der Waals surface area contributed by atoms with Gasteiger partial charge in [0.25, 0.3) is 0 Å². The monoisotopic (exact) mass is 303 g/mol. The zero-order valence-corrected chi connectivity index (χ0v) is 13.0. The summed E-state index contributed by atoms with van der Waals surface area (Å²) >= 11 is 5.94. The molecule has 1 aromatic carbocycles. The molecule has 0 radical (unpaired) electrons. The molecule has 2 unspecified atom stereocenters. The Morgan fingerprint density at radius 3 is 2.43 bits per heavy atom. The Balaban J connectivity index is 1.51. The Morgan fingerprint density at radius 1 is 1.14 bits per heavy atom. The summed E-state index contributed by atoms with van der Waals surface area (Å²) in [7, 11) is 0. The molecule has 1 N–H and O–H groups in total. The summed E-state index contributed by atoms with van der Waals surface area (Å²) in [5.74, 6) is 1.56. The van der Waals surface area contributed by atoms with Crippen LogP contribution in [0.5, 0.6) is 0 Å². The molecule has 0 saturated heterocycles. The third-order valence-electron chi connectivity index (χ3n) is 5.99. The molecule has 4 fully saturated rings. The normalized spacial score (nSPS) is 40.2. The van der Waals surface area contributed by atoms with Gasteiger partial charge in [0.05, 0.1) is 0 Å². The highest BCUT2D eigenvalue weighted by molar-refractivity contribution is 6.30. The van der Waals surface area contributed by atoms with Crippen molar-refractivity contribution in [2.24, 2.45) is 22.7 Å². The molecule has 1 aromatic rings. The van der Waals surface area contributed by atoms with Crippen LogP contribution in [0.1, 0.15) is 38.5 Å². The van der Waals surface area contributed by atoms with Crippen LogP contribution in [0, 0.1) is 22.7 Å². The SMILES string of the molecule is O=CC12CC3CC(C1)CC(CNc1ccc(Cl)cc1)(C3)C2. The van der Waals surface area contributed by atoms with Gasteiger partial charge in [-0.25, -0.2) is 0 Å². The lowest BCUT2D eigenvalue weighted by molar-refractivity contribution is -0.140. The number of carbonyl (C=O) groups excluding carboxylic acids is 1. The summed E-state index contributed by atoms with van der Waals surface area (Å²) in [6, 6.07) is 7.93. The molecule has 2 atom stereocenters. The highest BCUT2D eigenvalue weighted by atomic mass is 35.5. The second-order valence-corrected chi connectivity index (χ2v) is 8.24. The molecule has 0 heterocycles. The molecular formula is C18H22ClNO. The molecule has 0 spiro atoms. The van der Waals surface area contributed by atoms with Gasteiger partial charge in [0.15, 0.2) is 0 Å². The highest BCUT2D eigenvalue weighted by Gasteiger charge is 2.57. The third-order valence-corrected chi connectivity index (χ3v) is 6.24. The summed E-state index contributed by atoms with van der Waals surface area (Å²) in [4.78, 5) is 11.7. The number of rotatable bonds is 4. The van der Waals surface area contributed by atoms with Crippen LogP contribution in [0.15, 0.2) is 24.3 Å². The summed E-state index contributed by atoms with van der Waals surface area (Å²) in [5, 5.41) is 4.37. The molecule has 0 aliphatic heterocycles. The Labute approximate surface area is 131 Å². The van der Waals surface area contributed by atoms with E-state index >= 15 is 0 Å². The van der Waals surface area contributed by atoms with E-state index < -0.39 is 0 Å². The van der Waals surface area contributed by atoms with E-state index in [4.69, 9.17) is 11.6 Å². The van der Waals surface area contributed by atoms with Gasteiger partial charge in [-0.2, -0.15) is 0 Å². The minimum absolute atomic E-state index is 0.00571. The van der Waals surface area contributed by atoms with Crippen molar-refractivity contribution in [1.82, 2.24) is 0 Å². The fraction of sp³-hybridized carbons (Fsp3) is 0.611. The summed E-state index contributed by atoms with van der Waals surface area (Å²) < 4.78 is 0. The van der Waals surface area contributed by atoms with Crippen molar-refractivity contribution in [2.45, 2.75) is 38.5 Å². The van der Waals surface area contributed by atoms with Gasteiger partial charge in [0.1, 0.15) is 6.29 Å². The molecule has 2 nitrogen and oxygen atoms in total. The highest BCUT2D eigenvalue weighted by Crippen LogP contribution is 2.64. The smallest absolute Gasteiger partial charge is 0.126 e. The average molecular weight is 304 g/mol. The predicted octanol–water partition coefficient (Wildman–Crippen LogP) is 4.54. The van der Waals surface area contributed by atoms with Gasteiger partial charge in [-0.15, -0.1) is 0 Å². The molecule has 4 bridgehead atoms. The first-order valence-electron chi connectivity index (χ1n) is 8.06. The lowest BCUT2D eigenvalue weighted by atomic mass is 9.44. The summed E-state index contributed by atoms with van der Waals surface area (Å²) in [5.41, 5.74) is 1.48. The molecule has 112 valence electrons. The van der Waals surface area contributed by atoms with E-state index in [-0.39, 0.29) is 5.41 Å². The maximum atomic E-state index is 11.7. The van der Waals surface area contributed by atoms with Crippen LogP contribution in [-0.2, 0) is 4.79 Å². The van der Waals surface area contributed by atoms with Gasteiger partial charge < -0.3 is 10.1 Å². The second-order valence-electron chi connectivity index (χ2n) is 7.80. The number of carbonyl (C=O) groups is 1. The van der Waals surface area contributed by atoms with Crippen LogP contribution < -0.4 is 5.32 Å². The van der Waals surface area contributed by atoms with Crippen molar-refractivity contribution in [3.63, 3.8) is 0 Å². The van der Waals surface area contributed by atoms with Crippen molar-refractivity contribution in [1.29, 1.82) is 0 Å². The molecule has 4 aliphatic carbocycles. The predicted molar refractivity (Wildman–Crippen MR) is 85.6 cm³/mol. The minimum Gasteiger partial charge on any atom is -0.384 e. The van der Waals surface area contributed by atoms with Crippen LogP contribution in [0.2, 0.25) is 5.02 Å². The second kappa shape index (κ2) is 4.74. The Morgan fingerprint density at radius 2 is 1.81 bits per heavy atom. The Kier molecular flexibility index (Phi) is 3.08. The van der Waals surface area contributed by atoms with Gasteiger partial charge in [-0.1, -0.05) is 11.6 Å². The van der Waals surface area contributed by atoms with E-state index in [9.17, 15) is 4.79 Å². The van der Waals surface area contributed by atoms with Crippen molar-refractivity contribution in [2.75, 3.05) is 11.9 Å². The van der Waals surface area contributed by atoms with Gasteiger partial charge >= 0.3 is 0 Å². The molecule has 5 rings (SSSR count). The fourth-order valence-electron chi connectivity index (χ4n) is 5.73. The van der Waals surface area contributed by atoms with E-state index in [2.05, 4.69) is 5.32 Å². The van der Waals surface area contributed by atoms with Crippen LogP contribution in [0.4, 0.5) is 5.69 Å². The lowest BCUT2D eigenvalue weighted by Gasteiger charge is -2.60. The van der Waals surface area contributed by atoms with Gasteiger partial charge in [0.2, 0.25) is 0 Å². The molecular weight excluding hydrogens is 282 g/mol. The largest absolute Gasteiger partial charge is 0.384 e. The number of anilines is 1. The van der Waals surface area contributed by atoms with Crippen LogP contribution in [0.3, 0.4) is 0 Å². The zero-order chi connectivity index (χ0) is 14.5. The zero-order valence-electron chi connectivity index (χ0n) is 12.3. The minimum atomic E-state index is 0.00571. The lowest BCUT2D eigenvalue weighted by Crippen LogP contribution is -2.54. The standard InChI is InChI=1S/C18H22ClNO/c19-15-1-3-16(4-2-15)20-11-17-6-13-5-14(7-17)9-18(8-13,10-17)12-21/h1-4,12-14,20H,5-11H2. The first-order valence-corrected chi connectivity index (χ1v) is 8.44. The van der Waals surface area contributed by atoms with E-state index in [1.165, 1.54) is 25.5 Å². The Bertz CT molecular complexity index is 539. The van der Waals surface area contributed by atoms with Crippen molar-refractivity contribution in [3.05, 3.63) is 29.3 Å². The number of aldehydes is 1. The number of hydrogen-bond acceptors (Lipinski definition) is 2. The average Bonchev–Trinajstić information content (AvgIpc) is 2.45. The molecule has 4 aliphatic rings. The van der Waals surface area contributed by atoms with E-state index in [0.29, 0.717) is 5.41 Å². The van der Waals surface area contributed by atoms with Gasteiger partial charge in [-0.3, -0.25) is 0 Å². The third kappa shape index (κ3) is 2.38. The Hall–Kier alpha value is -1.02. The van der Waals surface area contributed by atoms with Crippen LogP contribution >= 0.6 is 11.6 Å². The molecule has 0 aromatic heterocycles. The number of halogens is 1. The first kappa shape index (κ1) is 13.6. The maximum Gasteiger partial charge on any atom is 0.126 e. The van der Waals surface area contributed by atoms with Crippen molar-refractivity contribution >= 4 is 23.6 Å². The van der Waals surface area contributed by atoms with E-state index in [1.807, 2.05) is 24.3 Å². The van der Waals surface area contributed by atoms with Crippen LogP contribution in [0.25, 0.3) is 0 Å². The molecule has 21 heavy (non-hydrogen) atoms. The van der Waals surface area contributed by atoms with E-state index in [1.54, 1.807) is 0 Å². The van der Waals surface area contributed by atoms with Crippen molar-refractivity contribution < 1.29 is 4.79 Å². The summed E-state index contributed by atoms with van der Waals surface area (Å²) in [6.07, 6.45) is 8.65. The number of nitrogens with one attached hydrogen (secondary N) is 1. The van der Waals surface area contributed by atoms with E-state index in [0.717, 1.165) is 48.4 Å².